The second-order valence-electron chi connectivity index (χ2n) is 4.33. The average Bonchev–Trinajstić information content (AvgIpc) is 2.35. The van der Waals surface area contributed by atoms with Gasteiger partial charge in [-0.05, 0) is 25.5 Å². The number of nitrogens with two attached hydrogens (primary N) is 2. The Morgan fingerprint density at radius 2 is 2.05 bits per heavy atom. The van der Waals surface area contributed by atoms with Gasteiger partial charge in [-0.25, -0.2) is 4.39 Å². The van der Waals surface area contributed by atoms with E-state index in [2.05, 4.69) is 5.32 Å². The molecule has 104 valence electrons. The van der Waals surface area contributed by atoms with Crippen molar-refractivity contribution < 1.29 is 14.0 Å². The van der Waals surface area contributed by atoms with Crippen molar-refractivity contribution in [2.75, 3.05) is 11.9 Å². The number of carbonyl (C=O) groups excluding carboxylic acids is 2. The summed E-state index contributed by atoms with van der Waals surface area (Å²) in [4.78, 5) is 23.0. The highest BCUT2D eigenvalue weighted by atomic mass is 19.1. The molecule has 0 saturated heterocycles. The zero-order valence-corrected chi connectivity index (χ0v) is 11.0. The van der Waals surface area contributed by atoms with Crippen LogP contribution in [0.1, 0.15) is 29.3 Å². The first-order valence-corrected chi connectivity index (χ1v) is 6.01. The summed E-state index contributed by atoms with van der Waals surface area (Å²) in [6.45, 7) is 3.56. The lowest BCUT2D eigenvalue weighted by atomic mass is 10.0. The van der Waals surface area contributed by atoms with Crippen LogP contribution in [0.2, 0.25) is 0 Å². The molecule has 0 aliphatic rings. The molecule has 0 fully saturated rings. The van der Waals surface area contributed by atoms with Crippen molar-refractivity contribution in [2.45, 2.75) is 20.3 Å². The Morgan fingerprint density at radius 1 is 1.42 bits per heavy atom. The highest BCUT2D eigenvalue weighted by Gasteiger charge is 2.17. The largest absolute Gasteiger partial charge is 0.366 e. The summed E-state index contributed by atoms with van der Waals surface area (Å²) < 4.78 is 13.6. The van der Waals surface area contributed by atoms with Crippen LogP contribution < -0.4 is 16.8 Å². The van der Waals surface area contributed by atoms with Gasteiger partial charge in [0.1, 0.15) is 5.82 Å². The number of hydrogen-bond acceptors (Lipinski definition) is 3. The average molecular weight is 267 g/mol. The molecule has 1 aromatic carbocycles. The van der Waals surface area contributed by atoms with Gasteiger partial charge in [0, 0.05) is 23.4 Å². The number of anilines is 1. The third kappa shape index (κ3) is 3.51. The normalized spacial score (nSPS) is 12.0. The fourth-order valence-corrected chi connectivity index (χ4v) is 1.64. The van der Waals surface area contributed by atoms with E-state index >= 15 is 0 Å². The first-order valence-electron chi connectivity index (χ1n) is 6.01. The number of nitrogens with one attached hydrogen (secondary N) is 1. The molecule has 5 N–H and O–H groups in total. The molecule has 0 saturated carbocycles. The molecule has 1 atom stereocenters. The first kappa shape index (κ1) is 15.1. The summed E-state index contributed by atoms with van der Waals surface area (Å²) in [5.41, 5.74) is 11.1. The van der Waals surface area contributed by atoms with Crippen LogP contribution in [0.25, 0.3) is 0 Å². The summed E-state index contributed by atoms with van der Waals surface area (Å²) in [7, 11) is 0. The van der Waals surface area contributed by atoms with Crippen LogP contribution in [-0.2, 0) is 4.79 Å². The molecule has 0 bridgehead atoms. The van der Waals surface area contributed by atoms with Crippen molar-refractivity contribution in [3.05, 3.63) is 29.1 Å². The molecule has 0 spiro atoms. The number of amides is 2. The summed E-state index contributed by atoms with van der Waals surface area (Å²) in [5.74, 6) is -1.98. The van der Waals surface area contributed by atoms with Gasteiger partial charge in [0.25, 0.3) is 0 Å². The standard InChI is InChI=1S/C13H18FN3O2/c1-3-8(6-15)13(19)17-11-5-9(12(16)18)4-10(14)7(11)2/h4-5,8H,3,6,15H2,1-2H3,(H2,16,18)(H,17,19). The molecule has 1 unspecified atom stereocenters. The van der Waals surface area contributed by atoms with Crippen LogP contribution >= 0.6 is 0 Å². The Bertz CT molecular complexity index is 499. The topological polar surface area (TPSA) is 98.2 Å². The minimum atomic E-state index is -0.750. The molecule has 1 aromatic rings. The lowest BCUT2D eigenvalue weighted by Crippen LogP contribution is -2.29. The predicted molar refractivity (Wildman–Crippen MR) is 71.1 cm³/mol. The highest BCUT2D eigenvalue weighted by molar-refractivity contribution is 5.97. The predicted octanol–water partition coefficient (Wildman–Crippen LogP) is 1.16. The maximum atomic E-state index is 13.6. The molecule has 19 heavy (non-hydrogen) atoms. The molecule has 0 aromatic heterocycles. The molecule has 2 amide bonds. The third-order valence-electron chi connectivity index (χ3n) is 3.03. The lowest BCUT2D eigenvalue weighted by molar-refractivity contribution is -0.119. The minimum absolute atomic E-state index is 0.0131. The zero-order valence-electron chi connectivity index (χ0n) is 11.0. The first-order chi connectivity index (χ1) is 8.90. The number of rotatable bonds is 5. The van der Waals surface area contributed by atoms with Crippen molar-refractivity contribution in [1.82, 2.24) is 0 Å². The van der Waals surface area contributed by atoms with E-state index in [1.54, 1.807) is 0 Å². The molecule has 6 heteroatoms. The van der Waals surface area contributed by atoms with E-state index in [0.717, 1.165) is 6.07 Å². The van der Waals surface area contributed by atoms with Gasteiger partial charge in [-0.15, -0.1) is 0 Å². The molecule has 0 heterocycles. The van der Waals surface area contributed by atoms with E-state index in [1.165, 1.54) is 13.0 Å². The summed E-state index contributed by atoms with van der Waals surface area (Å²) in [6, 6.07) is 2.41. The Morgan fingerprint density at radius 3 is 2.53 bits per heavy atom. The molecular weight excluding hydrogens is 249 g/mol. The van der Waals surface area contributed by atoms with Crippen LogP contribution in [0.5, 0.6) is 0 Å². The number of hydrogen-bond donors (Lipinski definition) is 3. The Balaban J connectivity index is 3.06. The van der Waals surface area contributed by atoms with Gasteiger partial charge in [-0.1, -0.05) is 6.92 Å². The second kappa shape index (κ2) is 6.29. The number of carbonyl (C=O) groups is 2. The fourth-order valence-electron chi connectivity index (χ4n) is 1.64. The van der Waals surface area contributed by atoms with E-state index in [0.29, 0.717) is 6.42 Å². The summed E-state index contributed by atoms with van der Waals surface area (Å²) in [5, 5.41) is 2.58. The monoisotopic (exact) mass is 267 g/mol. The minimum Gasteiger partial charge on any atom is -0.366 e. The maximum absolute atomic E-state index is 13.6. The number of primary amides is 1. The van der Waals surface area contributed by atoms with Gasteiger partial charge in [0.15, 0.2) is 0 Å². The van der Waals surface area contributed by atoms with Gasteiger partial charge in [0.05, 0.1) is 5.92 Å². The van der Waals surface area contributed by atoms with Crippen LogP contribution in [0.15, 0.2) is 12.1 Å². The highest BCUT2D eigenvalue weighted by Crippen LogP contribution is 2.21. The van der Waals surface area contributed by atoms with Crippen molar-refractivity contribution >= 4 is 17.5 Å². The van der Waals surface area contributed by atoms with Gasteiger partial charge in [-0.3, -0.25) is 9.59 Å². The van der Waals surface area contributed by atoms with E-state index in [-0.39, 0.29) is 35.2 Å². The quantitative estimate of drug-likeness (QED) is 0.746. The molecule has 0 radical (unpaired) electrons. The van der Waals surface area contributed by atoms with Crippen LogP contribution in [-0.4, -0.2) is 18.4 Å². The molecule has 0 aliphatic heterocycles. The van der Waals surface area contributed by atoms with Gasteiger partial charge >= 0.3 is 0 Å². The summed E-state index contributed by atoms with van der Waals surface area (Å²) in [6.07, 6.45) is 0.583. The fraction of sp³-hybridized carbons (Fsp3) is 0.385. The van der Waals surface area contributed by atoms with Gasteiger partial charge in [-0.2, -0.15) is 0 Å². The number of halogens is 1. The third-order valence-corrected chi connectivity index (χ3v) is 3.03. The lowest BCUT2D eigenvalue weighted by Gasteiger charge is -2.15. The number of benzene rings is 1. The van der Waals surface area contributed by atoms with Gasteiger partial charge < -0.3 is 16.8 Å². The van der Waals surface area contributed by atoms with Crippen LogP contribution in [0.3, 0.4) is 0 Å². The van der Waals surface area contributed by atoms with E-state index < -0.39 is 11.7 Å². The zero-order chi connectivity index (χ0) is 14.6. The van der Waals surface area contributed by atoms with Crippen molar-refractivity contribution in [1.29, 1.82) is 0 Å². The summed E-state index contributed by atoms with van der Waals surface area (Å²) >= 11 is 0. The van der Waals surface area contributed by atoms with Crippen molar-refractivity contribution in [2.24, 2.45) is 17.4 Å². The molecule has 1 rings (SSSR count). The molecule has 5 nitrogen and oxygen atoms in total. The SMILES string of the molecule is CCC(CN)C(=O)Nc1cc(C(N)=O)cc(F)c1C. The second-order valence-corrected chi connectivity index (χ2v) is 4.33. The molecule has 0 aliphatic carbocycles. The van der Waals surface area contributed by atoms with Crippen LogP contribution in [0, 0.1) is 18.7 Å². The maximum Gasteiger partial charge on any atom is 0.248 e. The van der Waals surface area contributed by atoms with Crippen molar-refractivity contribution in [3.8, 4) is 0 Å². The Kier molecular flexibility index (Phi) is 5.00. The van der Waals surface area contributed by atoms with E-state index in [1.807, 2.05) is 6.92 Å². The Hall–Kier alpha value is -1.95. The van der Waals surface area contributed by atoms with Crippen molar-refractivity contribution in [3.63, 3.8) is 0 Å². The van der Waals surface area contributed by atoms with E-state index in [9.17, 15) is 14.0 Å². The van der Waals surface area contributed by atoms with E-state index in [4.69, 9.17) is 11.5 Å². The Labute approximate surface area is 111 Å². The van der Waals surface area contributed by atoms with Crippen LogP contribution in [0.4, 0.5) is 10.1 Å². The smallest absolute Gasteiger partial charge is 0.248 e. The van der Waals surface area contributed by atoms with Gasteiger partial charge in [0.2, 0.25) is 11.8 Å². The molecular formula is C13H18FN3O2.